The van der Waals surface area contributed by atoms with Crippen LogP contribution in [0.4, 0.5) is 0 Å². The van der Waals surface area contributed by atoms with Crippen LogP contribution < -0.4 is 0 Å². The van der Waals surface area contributed by atoms with Gasteiger partial charge in [0.05, 0.1) is 0 Å². The lowest BCUT2D eigenvalue weighted by Crippen LogP contribution is -2.42. The van der Waals surface area contributed by atoms with Crippen molar-refractivity contribution in [3.8, 4) is 0 Å². The second-order valence-electron chi connectivity index (χ2n) is 6.03. The van der Waals surface area contributed by atoms with Crippen molar-refractivity contribution in [2.75, 3.05) is 19.7 Å². The van der Waals surface area contributed by atoms with Crippen LogP contribution in [0.3, 0.4) is 0 Å². The highest BCUT2D eigenvalue weighted by Crippen LogP contribution is 2.39. The van der Waals surface area contributed by atoms with Gasteiger partial charge in [0.15, 0.2) is 0 Å². The van der Waals surface area contributed by atoms with Crippen molar-refractivity contribution in [1.82, 2.24) is 4.90 Å². The lowest BCUT2D eigenvalue weighted by atomic mass is 9.86. The van der Waals surface area contributed by atoms with Crippen molar-refractivity contribution in [2.45, 2.75) is 64.3 Å². The Morgan fingerprint density at radius 2 is 1.88 bits per heavy atom. The predicted molar refractivity (Wildman–Crippen MR) is 67.5 cm³/mol. The summed E-state index contributed by atoms with van der Waals surface area (Å²) in [5, 5.41) is 9.68. The molecule has 2 nitrogen and oxygen atoms in total. The maximum Gasteiger partial charge on any atom is 0.0499 e. The summed E-state index contributed by atoms with van der Waals surface area (Å²) in [6.07, 6.45) is 10.6. The van der Waals surface area contributed by atoms with E-state index in [0.717, 1.165) is 12.6 Å². The maximum absolute atomic E-state index is 9.68. The number of aliphatic hydroxyl groups is 1. The van der Waals surface area contributed by atoms with Crippen LogP contribution in [0.25, 0.3) is 0 Å². The molecule has 1 atom stereocenters. The zero-order valence-corrected chi connectivity index (χ0v) is 10.7. The molecule has 1 N–H and O–H groups in total. The van der Waals surface area contributed by atoms with Crippen LogP contribution in [0.5, 0.6) is 0 Å². The first-order chi connectivity index (χ1) is 7.76. The van der Waals surface area contributed by atoms with E-state index in [0.29, 0.717) is 6.61 Å². The number of hydrogen-bond acceptors (Lipinski definition) is 2. The van der Waals surface area contributed by atoms with Crippen molar-refractivity contribution in [1.29, 1.82) is 0 Å². The first-order valence-corrected chi connectivity index (χ1v) is 7.11. The number of nitrogens with zero attached hydrogens (tertiary/aromatic N) is 1. The molecule has 1 heterocycles. The van der Waals surface area contributed by atoms with Crippen LogP contribution in [-0.2, 0) is 0 Å². The third kappa shape index (κ3) is 2.78. The molecule has 0 radical (unpaired) electrons. The van der Waals surface area contributed by atoms with Crippen LogP contribution in [0.2, 0.25) is 0 Å². The van der Waals surface area contributed by atoms with E-state index in [1.54, 1.807) is 0 Å². The molecule has 0 bridgehead atoms. The predicted octanol–water partition coefficient (Wildman–Crippen LogP) is 2.80. The Morgan fingerprint density at radius 3 is 2.56 bits per heavy atom. The van der Waals surface area contributed by atoms with E-state index in [2.05, 4.69) is 11.8 Å². The van der Waals surface area contributed by atoms with E-state index in [-0.39, 0.29) is 5.41 Å². The fraction of sp³-hybridized carbons (Fsp3) is 1.00. The molecule has 1 unspecified atom stereocenters. The Hall–Kier alpha value is -0.0800. The summed E-state index contributed by atoms with van der Waals surface area (Å²) in [7, 11) is 0. The van der Waals surface area contributed by atoms with E-state index in [1.165, 1.54) is 57.9 Å². The Labute approximate surface area is 100 Å². The number of hydrogen-bond donors (Lipinski definition) is 1. The molecular weight excluding hydrogens is 198 g/mol. The number of likely N-dealkylation sites (tertiary alicyclic amines) is 1. The molecule has 0 aromatic heterocycles. The summed E-state index contributed by atoms with van der Waals surface area (Å²) in [5.41, 5.74) is 0.249. The standard InChI is InChI=1S/C14H27NO/c1-13-7-3-2-6-10-15(13)11-14(12-16)8-4-5-9-14/h13,16H,2-12H2,1H3. The average molecular weight is 225 g/mol. The van der Waals surface area contributed by atoms with Gasteiger partial charge in [-0.15, -0.1) is 0 Å². The third-order valence-electron chi connectivity index (χ3n) is 4.73. The van der Waals surface area contributed by atoms with Gasteiger partial charge in [0.2, 0.25) is 0 Å². The van der Waals surface area contributed by atoms with Gasteiger partial charge in [-0.2, -0.15) is 0 Å². The molecule has 1 aliphatic heterocycles. The average Bonchev–Trinajstić information content (AvgIpc) is 2.67. The Kier molecular flexibility index (Phi) is 4.26. The van der Waals surface area contributed by atoms with Crippen LogP contribution in [0.15, 0.2) is 0 Å². The SMILES string of the molecule is CC1CCCCCN1CC1(CO)CCCC1. The minimum atomic E-state index is 0.249. The van der Waals surface area contributed by atoms with Crippen LogP contribution in [0.1, 0.15) is 58.3 Å². The quantitative estimate of drug-likeness (QED) is 0.798. The molecule has 1 saturated heterocycles. The van der Waals surface area contributed by atoms with E-state index in [4.69, 9.17) is 0 Å². The van der Waals surface area contributed by atoms with Crippen molar-refractivity contribution < 1.29 is 5.11 Å². The van der Waals surface area contributed by atoms with Crippen molar-refractivity contribution >= 4 is 0 Å². The number of rotatable bonds is 3. The first kappa shape index (κ1) is 12.4. The molecule has 0 aromatic carbocycles. The van der Waals surface area contributed by atoms with Gasteiger partial charge in [0.1, 0.15) is 0 Å². The van der Waals surface area contributed by atoms with Gasteiger partial charge in [-0.25, -0.2) is 0 Å². The summed E-state index contributed by atoms with van der Waals surface area (Å²) in [6.45, 7) is 5.16. The molecule has 2 fully saturated rings. The van der Waals surface area contributed by atoms with Gasteiger partial charge in [-0.05, 0) is 39.2 Å². The molecule has 1 saturated carbocycles. The van der Waals surface area contributed by atoms with Gasteiger partial charge in [0, 0.05) is 24.6 Å². The molecule has 0 aromatic rings. The minimum Gasteiger partial charge on any atom is -0.396 e. The van der Waals surface area contributed by atoms with Crippen molar-refractivity contribution in [3.63, 3.8) is 0 Å². The third-order valence-corrected chi connectivity index (χ3v) is 4.73. The summed E-state index contributed by atoms with van der Waals surface area (Å²) in [6, 6.07) is 0.728. The fourth-order valence-electron chi connectivity index (χ4n) is 3.49. The highest BCUT2D eigenvalue weighted by molar-refractivity contribution is 4.88. The molecule has 2 aliphatic rings. The van der Waals surface area contributed by atoms with Crippen LogP contribution >= 0.6 is 0 Å². The Balaban J connectivity index is 1.95. The van der Waals surface area contributed by atoms with Gasteiger partial charge in [-0.3, -0.25) is 0 Å². The van der Waals surface area contributed by atoms with Crippen molar-refractivity contribution in [3.05, 3.63) is 0 Å². The second-order valence-corrected chi connectivity index (χ2v) is 6.03. The first-order valence-electron chi connectivity index (χ1n) is 7.11. The Bertz CT molecular complexity index is 211. The van der Waals surface area contributed by atoms with E-state index < -0.39 is 0 Å². The molecule has 0 spiro atoms. The molecule has 2 heteroatoms. The molecular formula is C14H27NO. The normalized spacial score (nSPS) is 31.5. The smallest absolute Gasteiger partial charge is 0.0499 e. The van der Waals surface area contributed by atoms with Crippen molar-refractivity contribution in [2.24, 2.45) is 5.41 Å². The Morgan fingerprint density at radius 1 is 1.12 bits per heavy atom. The van der Waals surface area contributed by atoms with Crippen LogP contribution in [0, 0.1) is 5.41 Å². The highest BCUT2D eigenvalue weighted by atomic mass is 16.3. The maximum atomic E-state index is 9.68. The van der Waals surface area contributed by atoms with Gasteiger partial charge in [0.25, 0.3) is 0 Å². The van der Waals surface area contributed by atoms with E-state index in [1.807, 2.05) is 0 Å². The monoisotopic (exact) mass is 225 g/mol. The lowest BCUT2D eigenvalue weighted by Gasteiger charge is -2.36. The minimum absolute atomic E-state index is 0.249. The van der Waals surface area contributed by atoms with Gasteiger partial charge in [-0.1, -0.05) is 25.7 Å². The summed E-state index contributed by atoms with van der Waals surface area (Å²) in [5.74, 6) is 0. The topological polar surface area (TPSA) is 23.5 Å². The van der Waals surface area contributed by atoms with E-state index in [9.17, 15) is 5.11 Å². The lowest BCUT2D eigenvalue weighted by molar-refractivity contribution is 0.0625. The molecule has 0 amide bonds. The largest absolute Gasteiger partial charge is 0.396 e. The highest BCUT2D eigenvalue weighted by Gasteiger charge is 2.36. The summed E-state index contributed by atoms with van der Waals surface area (Å²) in [4.78, 5) is 2.65. The number of aliphatic hydroxyl groups excluding tert-OH is 1. The molecule has 1 aliphatic carbocycles. The zero-order valence-electron chi connectivity index (χ0n) is 10.7. The molecule has 94 valence electrons. The molecule has 16 heavy (non-hydrogen) atoms. The summed E-state index contributed by atoms with van der Waals surface area (Å²) >= 11 is 0. The zero-order chi connectivity index (χ0) is 11.4. The van der Waals surface area contributed by atoms with Gasteiger partial charge < -0.3 is 10.0 Å². The second kappa shape index (κ2) is 5.50. The fourth-order valence-corrected chi connectivity index (χ4v) is 3.49. The van der Waals surface area contributed by atoms with Gasteiger partial charge >= 0.3 is 0 Å². The van der Waals surface area contributed by atoms with Crippen LogP contribution in [-0.4, -0.2) is 35.7 Å². The molecule has 2 rings (SSSR count). The van der Waals surface area contributed by atoms with E-state index >= 15 is 0 Å². The summed E-state index contributed by atoms with van der Waals surface area (Å²) < 4.78 is 0.